The Balaban J connectivity index is 1.89. The Kier molecular flexibility index (Phi) is 2.11. The summed E-state index contributed by atoms with van der Waals surface area (Å²) in [5.74, 6) is 1.15. The first-order chi connectivity index (χ1) is 7.82. The van der Waals surface area contributed by atoms with Crippen LogP contribution in [-0.2, 0) is 6.42 Å². The van der Waals surface area contributed by atoms with Gasteiger partial charge in [0.1, 0.15) is 0 Å². The van der Waals surface area contributed by atoms with Crippen molar-refractivity contribution < 1.29 is 0 Å². The largest absolute Gasteiger partial charge is 0.198 e. The van der Waals surface area contributed by atoms with Gasteiger partial charge in [0.15, 0.2) is 0 Å². The van der Waals surface area contributed by atoms with Crippen LogP contribution in [0.4, 0.5) is 0 Å². The molecule has 3 unspecified atom stereocenters. The Hall–Kier alpha value is -1.55. The van der Waals surface area contributed by atoms with Crippen LogP contribution in [0, 0.1) is 28.6 Å². The van der Waals surface area contributed by atoms with Gasteiger partial charge in [0.25, 0.3) is 0 Å². The van der Waals surface area contributed by atoms with Crippen LogP contribution >= 0.6 is 0 Å². The Bertz CT molecular complexity index is 454. The molecule has 3 atom stereocenters. The lowest BCUT2D eigenvalue weighted by molar-refractivity contribution is 0.324. The Labute approximate surface area is 96.4 Å². The zero-order chi connectivity index (χ0) is 11.0. The van der Waals surface area contributed by atoms with Crippen LogP contribution in [0.25, 0.3) is 0 Å². The Morgan fingerprint density at radius 1 is 1.25 bits per heavy atom. The van der Waals surface area contributed by atoms with Gasteiger partial charge in [-0.3, -0.25) is 0 Å². The summed E-state index contributed by atoms with van der Waals surface area (Å²) in [5, 5.41) is 9.52. The van der Waals surface area contributed by atoms with E-state index in [2.05, 4.69) is 42.5 Å². The average molecular weight is 209 g/mol. The van der Waals surface area contributed by atoms with Gasteiger partial charge >= 0.3 is 0 Å². The van der Waals surface area contributed by atoms with Crippen LogP contribution in [0.5, 0.6) is 0 Å². The molecule has 1 saturated carbocycles. The molecule has 0 radical (unpaired) electrons. The molecule has 80 valence electrons. The normalized spacial score (nSPS) is 35.2. The molecular formula is C15H15N. The van der Waals surface area contributed by atoms with Crippen molar-refractivity contribution in [3.8, 4) is 6.07 Å². The molecule has 1 nitrogen and oxygen atoms in total. The number of hydrogen-bond acceptors (Lipinski definition) is 1. The lowest BCUT2D eigenvalue weighted by atomic mass is 9.73. The Morgan fingerprint density at radius 3 is 2.62 bits per heavy atom. The molecule has 16 heavy (non-hydrogen) atoms. The standard InChI is InChI=1S/C15H15N/c16-11-15(9-12-4-2-1-3-5-12)10-13-6-7-14(15)8-13/h1-7,13-14H,8-10H2. The highest BCUT2D eigenvalue weighted by atomic mass is 14.5. The maximum atomic E-state index is 9.52. The van der Waals surface area contributed by atoms with Crippen molar-refractivity contribution in [1.82, 2.24) is 0 Å². The molecule has 3 rings (SSSR count). The number of nitrogens with zero attached hydrogens (tertiary/aromatic N) is 1. The molecular weight excluding hydrogens is 194 g/mol. The second-order valence-electron chi connectivity index (χ2n) is 5.12. The van der Waals surface area contributed by atoms with E-state index in [1.54, 1.807) is 0 Å². The lowest BCUT2D eigenvalue weighted by Gasteiger charge is -2.28. The molecule has 1 heteroatoms. The SMILES string of the molecule is N#CC1(Cc2ccccc2)CC2C=CC1C2. The zero-order valence-corrected chi connectivity index (χ0v) is 9.26. The van der Waals surface area contributed by atoms with Gasteiger partial charge in [-0.05, 0) is 36.7 Å². The van der Waals surface area contributed by atoms with Crippen molar-refractivity contribution in [1.29, 1.82) is 5.26 Å². The van der Waals surface area contributed by atoms with Crippen LogP contribution in [0.1, 0.15) is 18.4 Å². The monoisotopic (exact) mass is 209 g/mol. The van der Waals surface area contributed by atoms with Crippen LogP contribution in [0.3, 0.4) is 0 Å². The van der Waals surface area contributed by atoms with E-state index < -0.39 is 0 Å². The first-order valence-corrected chi connectivity index (χ1v) is 5.96. The Morgan fingerprint density at radius 2 is 2.06 bits per heavy atom. The quantitative estimate of drug-likeness (QED) is 0.685. The number of fused-ring (bicyclic) bond motifs is 2. The molecule has 1 aromatic rings. The smallest absolute Gasteiger partial charge is 0.0699 e. The molecule has 0 aromatic heterocycles. The van der Waals surface area contributed by atoms with E-state index in [1.807, 2.05) is 6.07 Å². The van der Waals surface area contributed by atoms with Crippen LogP contribution in [-0.4, -0.2) is 0 Å². The molecule has 0 aliphatic heterocycles. The van der Waals surface area contributed by atoms with Gasteiger partial charge in [-0.2, -0.15) is 5.26 Å². The second-order valence-corrected chi connectivity index (χ2v) is 5.12. The van der Waals surface area contributed by atoms with Crippen molar-refractivity contribution >= 4 is 0 Å². The number of rotatable bonds is 2. The van der Waals surface area contributed by atoms with Crippen molar-refractivity contribution in [2.75, 3.05) is 0 Å². The fourth-order valence-corrected chi connectivity index (χ4v) is 3.29. The topological polar surface area (TPSA) is 23.8 Å². The van der Waals surface area contributed by atoms with Gasteiger partial charge < -0.3 is 0 Å². The van der Waals surface area contributed by atoms with Gasteiger partial charge in [-0.1, -0.05) is 42.5 Å². The summed E-state index contributed by atoms with van der Waals surface area (Å²) in [6.45, 7) is 0. The van der Waals surface area contributed by atoms with Crippen LogP contribution in [0.2, 0.25) is 0 Å². The van der Waals surface area contributed by atoms with Gasteiger partial charge in [0.05, 0.1) is 11.5 Å². The maximum absolute atomic E-state index is 9.52. The van der Waals surface area contributed by atoms with E-state index in [0.29, 0.717) is 11.8 Å². The van der Waals surface area contributed by atoms with Crippen molar-refractivity contribution in [2.24, 2.45) is 17.3 Å². The van der Waals surface area contributed by atoms with E-state index in [9.17, 15) is 5.26 Å². The summed E-state index contributed by atoms with van der Waals surface area (Å²) in [5.41, 5.74) is 1.17. The first kappa shape index (κ1) is 9.66. The first-order valence-electron chi connectivity index (χ1n) is 5.96. The highest BCUT2D eigenvalue weighted by Gasteiger charge is 2.48. The molecule has 0 amide bonds. The highest BCUT2D eigenvalue weighted by molar-refractivity contribution is 5.27. The number of allylic oxidation sites excluding steroid dienone is 2. The molecule has 1 fully saturated rings. The zero-order valence-electron chi connectivity index (χ0n) is 9.26. The molecule has 2 aliphatic rings. The number of nitriles is 1. The second kappa shape index (κ2) is 3.49. The average Bonchev–Trinajstić information content (AvgIpc) is 2.91. The minimum absolute atomic E-state index is 0.124. The minimum Gasteiger partial charge on any atom is -0.198 e. The van der Waals surface area contributed by atoms with Gasteiger partial charge in [-0.25, -0.2) is 0 Å². The van der Waals surface area contributed by atoms with Gasteiger partial charge in [0, 0.05) is 0 Å². The van der Waals surface area contributed by atoms with E-state index in [4.69, 9.17) is 0 Å². The van der Waals surface area contributed by atoms with Crippen molar-refractivity contribution in [2.45, 2.75) is 19.3 Å². The van der Waals surface area contributed by atoms with Crippen LogP contribution < -0.4 is 0 Å². The summed E-state index contributed by atoms with van der Waals surface area (Å²) in [6.07, 6.45) is 7.72. The van der Waals surface area contributed by atoms with Gasteiger partial charge in [-0.15, -0.1) is 0 Å². The summed E-state index contributed by atoms with van der Waals surface area (Å²) in [7, 11) is 0. The lowest BCUT2D eigenvalue weighted by Crippen LogP contribution is -2.26. The van der Waals surface area contributed by atoms with E-state index in [-0.39, 0.29) is 5.41 Å². The van der Waals surface area contributed by atoms with Crippen molar-refractivity contribution in [3.05, 3.63) is 48.0 Å². The molecule has 0 saturated heterocycles. The van der Waals surface area contributed by atoms with E-state index in [1.165, 1.54) is 12.0 Å². The third kappa shape index (κ3) is 1.38. The number of hydrogen-bond donors (Lipinski definition) is 0. The van der Waals surface area contributed by atoms with E-state index in [0.717, 1.165) is 12.8 Å². The molecule has 2 bridgehead atoms. The summed E-state index contributed by atoms with van der Waals surface area (Å²) < 4.78 is 0. The molecule has 0 heterocycles. The fraction of sp³-hybridized carbons (Fsp3) is 0.400. The predicted molar refractivity (Wildman–Crippen MR) is 63.5 cm³/mol. The highest BCUT2D eigenvalue weighted by Crippen LogP contribution is 2.53. The minimum atomic E-state index is -0.124. The summed E-state index contributed by atoms with van der Waals surface area (Å²) >= 11 is 0. The molecule has 1 aromatic carbocycles. The van der Waals surface area contributed by atoms with Gasteiger partial charge in [0.2, 0.25) is 0 Å². The molecule has 0 spiro atoms. The number of benzene rings is 1. The predicted octanol–water partition coefficient (Wildman–Crippen LogP) is 3.34. The van der Waals surface area contributed by atoms with Crippen molar-refractivity contribution in [3.63, 3.8) is 0 Å². The van der Waals surface area contributed by atoms with E-state index >= 15 is 0 Å². The summed E-state index contributed by atoms with van der Waals surface area (Å²) in [4.78, 5) is 0. The summed E-state index contributed by atoms with van der Waals surface area (Å²) in [6, 6.07) is 13.0. The fourth-order valence-electron chi connectivity index (χ4n) is 3.29. The third-order valence-corrected chi connectivity index (χ3v) is 4.09. The van der Waals surface area contributed by atoms with Crippen LogP contribution in [0.15, 0.2) is 42.5 Å². The molecule has 2 aliphatic carbocycles. The third-order valence-electron chi connectivity index (χ3n) is 4.09. The maximum Gasteiger partial charge on any atom is 0.0699 e. The molecule has 0 N–H and O–H groups in total.